The lowest BCUT2D eigenvalue weighted by Gasteiger charge is -2.32. The highest BCUT2D eigenvalue weighted by Gasteiger charge is 2.51. The van der Waals surface area contributed by atoms with E-state index in [1.165, 1.54) is 0 Å². The fourth-order valence-electron chi connectivity index (χ4n) is 2.46. The molecule has 0 bridgehead atoms. The highest BCUT2D eigenvalue weighted by atomic mass is 16.7. The summed E-state index contributed by atoms with van der Waals surface area (Å²) in [4.78, 5) is 13.4. The van der Waals surface area contributed by atoms with E-state index < -0.39 is 0 Å². The zero-order valence-corrected chi connectivity index (χ0v) is 12.9. The molecule has 0 unspecified atom stereocenters. The number of hydrogen-bond acceptors (Lipinski definition) is 3. The van der Waals surface area contributed by atoms with Crippen molar-refractivity contribution < 1.29 is 14.1 Å². The van der Waals surface area contributed by atoms with Crippen LogP contribution in [0.1, 0.15) is 27.7 Å². The van der Waals surface area contributed by atoms with E-state index in [-0.39, 0.29) is 24.2 Å². The van der Waals surface area contributed by atoms with Crippen LogP contribution in [-0.2, 0) is 14.1 Å². The first-order valence-electron chi connectivity index (χ1n) is 7.24. The second-order valence-corrected chi connectivity index (χ2v) is 6.53. The van der Waals surface area contributed by atoms with Gasteiger partial charge in [0.15, 0.2) is 0 Å². The highest BCUT2D eigenvalue weighted by molar-refractivity contribution is 6.62. The Kier molecular flexibility index (Phi) is 3.22. The van der Waals surface area contributed by atoms with E-state index in [1.54, 1.807) is 11.0 Å². The third-order valence-corrected chi connectivity index (χ3v) is 4.54. The summed E-state index contributed by atoms with van der Waals surface area (Å²) in [6.07, 6.45) is 3.46. The van der Waals surface area contributed by atoms with Crippen molar-refractivity contribution in [3.8, 4) is 0 Å². The summed E-state index contributed by atoms with van der Waals surface area (Å²) in [6, 6.07) is 7.79. The average molecular weight is 285 g/mol. The van der Waals surface area contributed by atoms with Crippen LogP contribution in [0.3, 0.4) is 0 Å². The lowest BCUT2D eigenvalue weighted by Crippen LogP contribution is -2.41. The van der Waals surface area contributed by atoms with Crippen LogP contribution < -0.4 is 10.4 Å². The molecule has 0 spiro atoms. The van der Waals surface area contributed by atoms with Gasteiger partial charge < -0.3 is 14.2 Å². The summed E-state index contributed by atoms with van der Waals surface area (Å²) in [5.41, 5.74) is 1.18. The molecule has 5 heteroatoms. The van der Waals surface area contributed by atoms with Crippen molar-refractivity contribution in [2.24, 2.45) is 0 Å². The molecule has 21 heavy (non-hydrogen) atoms. The van der Waals surface area contributed by atoms with Crippen LogP contribution >= 0.6 is 0 Å². The van der Waals surface area contributed by atoms with Crippen molar-refractivity contribution in [1.29, 1.82) is 0 Å². The minimum Gasteiger partial charge on any atom is -0.399 e. The minimum absolute atomic E-state index is 0.0263. The Bertz CT molecular complexity index is 576. The highest BCUT2D eigenvalue weighted by Crippen LogP contribution is 2.36. The van der Waals surface area contributed by atoms with Gasteiger partial charge in [-0.25, -0.2) is 0 Å². The molecule has 1 aromatic carbocycles. The molecular weight excluding hydrogens is 265 g/mol. The molecular formula is C16H20BNO3. The molecule has 0 aliphatic carbocycles. The van der Waals surface area contributed by atoms with E-state index in [1.807, 2.05) is 58.0 Å². The molecule has 1 aromatic rings. The number of carbonyl (C=O) groups excluding carboxylic acids is 1. The molecule has 2 aliphatic rings. The van der Waals surface area contributed by atoms with Gasteiger partial charge >= 0.3 is 7.12 Å². The maximum atomic E-state index is 11.7. The molecule has 0 saturated carbocycles. The van der Waals surface area contributed by atoms with Crippen molar-refractivity contribution in [1.82, 2.24) is 0 Å². The van der Waals surface area contributed by atoms with Gasteiger partial charge in [0.25, 0.3) is 5.91 Å². The maximum absolute atomic E-state index is 11.7. The number of carbonyl (C=O) groups is 1. The van der Waals surface area contributed by atoms with Crippen LogP contribution in [0.25, 0.3) is 0 Å². The van der Waals surface area contributed by atoms with Crippen LogP contribution in [0.15, 0.2) is 36.4 Å². The number of nitrogens with zero attached hydrogens (tertiary/aromatic N) is 1. The van der Waals surface area contributed by atoms with Crippen LogP contribution in [-0.4, -0.2) is 30.8 Å². The summed E-state index contributed by atoms with van der Waals surface area (Å²) >= 11 is 0. The third-order valence-electron chi connectivity index (χ3n) is 4.54. The fraction of sp³-hybridized carbons (Fsp3) is 0.438. The molecule has 0 N–H and O–H groups in total. The van der Waals surface area contributed by atoms with Gasteiger partial charge in [0.05, 0.1) is 11.2 Å². The zero-order valence-electron chi connectivity index (χ0n) is 12.9. The summed E-state index contributed by atoms with van der Waals surface area (Å²) < 4.78 is 12.0. The van der Waals surface area contributed by atoms with Gasteiger partial charge in [0.2, 0.25) is 0 Å². The zero-order chi connectivity index (χ0) is 15.3. The lowest BCUT2D eigenvalue weighted by molar-refractivity contribution is -0.113. The van der Waals surface area contributed by atoms with E-state index in [4.69, 9.17) is 9.31 Å². The molecule has 1 saturated heterocycles. The summed E-state index contributed by atoms with van der Waals surface area (Å²) in [5, 5.41) is 0. The Morgan fingerprint density at radius 2 is 1.62 bits per heavy atom. The van der Waals surface area contributed by atoms with Crippen LogP contribution in [0.5, 0.6) is 0 Å². The van der Waals surface area contributed by atoms with E-state index in [9.17, 15) is 4.79 Å². The average Bonchev–Trinajstić information content (AvgIpc) is 2.92. The first kappa shape index (κ1) is 14.4. The predicted octanol–water partition coefficient (Wildman–Crippen LogP) is 1.89. The number of rotatable bonds is 2. The molecule has 1 fully saturated rings. The van der Waals surface area contributed by atoms with Gasteiger partial charge in [0, 0.05) is 18.3 Å². The lowest BCUT2D eigenvalue weighted by atomic mass is 9.79. The Hall–Kier alpha value is -1.59. The number of hydrogen-bond donors (Lipinski definition) is 0. The van der Waals surface area contributed by atoms with Crippen molar-refractivity contribution in [3.05, 3.63) is 36.4 Å². The summed E-state index contributed by atoms with van der Waals surface area (Å²) in [5.74, 6) is 0.0263. The molecule has 2 aliphatic heterocycles. The Balaban J connectivity index is 1.78. The quantitative estimate of drug-likeness (QED) is 0.779. The molecule has 110 valence electrons. The third kappa shape index (κ3) is 2.41. The topological polar surface area (TPSA) is 38.8 Å². The Labute approximate surface area is 125 Å². The monoisotopic (exact) mass is 285 g/mol. The number of amides is 1. The molecule has 0 atom stereocenters. The molecule has 0 radical (unpaired) electrons. The van der Waals surface area contributed by atoms with Crippen LogP contribution in [0, 0.1) is 0 Å². The minimum atomic E-state index is -0.364. The van der Waals surface area contributed by atoms with Crippen molar-refractivity contribution >= 4 is 24.2 Å². The largest absolute Gasteiger partial charge is 0.494 e. The van der Waals surface area contributed by atoms with Gasteiger partial charge in [-0.1, -0.05) is 18.2 Å². The van der Waals surface area contributed by atoms with E-state index >= 15 is 0 Å². The van der Waals surface area contributed by atoms with Crippen molar-refractivity contribution in [2.75, 3.05) is 11.4 Å². The number of benzene rings is 1. The second-order valence-electron chi connectivity index (χ2n) is 6.53. The second kappa shape index (κ2) is 4.72. The molecule has 2 heterocycles. The van der Waals surface area contributed by atoms with E-state index in [2.05, 4.69) is 0 Å². The predicted molar refractivity (Wildman–Crippen MR) is 83.7 cm³/mol. The molecule has 0 aromatic heterocycles. The fourth-order valence-corrected chi connectivity index (χ4v) is 2.46. The first-order chi connectivity index (χ1) is 9.80. The SMILES string of the molecule is CC1(C)OB(c2ccc(N3CC=CC3=O)cc2)OC1(C)C. The smallest absolute Gasteiger partial charge is 0.399 e. The Morgan fingerprint density at radius 3 is 2.10 bits per heavy atom. The van der Waals surface area contributed by atoms with Gasteiger partial charge in [-0.2, -0.15) is 0 Å². The standard InChI is InChI=1S/C16H20BNO3/c1-15(2)16(3,4)21-17(20-15)12-7-9-13(10-8-12)18-11-5-6-14(18)19/h5-10H,11H2,1-4H3. The normalized spacial score (nSPS) is 23.1. The molecule has 3 rings (SSSR count). The van der Waals surface area contributed by atoms with Crippen molar-refractivity contribution in [2.45, 2.75) is 38.9 Å². The maximum Gasteiger partial charge on any atom is 0.494 e. The van der Waals surface area contributed by atoms with Crippen molar-refractivity contribution in [3.63, 3.8) is 0 Å². The first-order valence-corrected chi connectivity index (χ1v) is 7.24. The van der Waals surface area contributed by atoms with E-state index in [0.717, 1.165) is 11.2 Å². The summed E-state index contributed by atoms with van der Waals surface area (Å²) in [6.45, 7) is 8.78. The van der Waals surface area contributed by atoms with Crippen LogP contribution in [0.4, 0.5) is 5.69 Å². The van der Waals surface area contributed by atoms with Gasteiger partial charge in [-0.05, 0) is 45.3 Å². The van der Waals surface area contributed by atoms with Crippen LogP contribution in [0.2, 0.25) is 0 Å². The van der Waals surface area contributed by atoms with Gasteiger partial charge in [-0.3, -0.25) is 4.79 Å². The summed E-state index contributed by atoms with van der Waals surface area (Å²) in [7, 11) is -0.364. The van der Waals surface area contributed by atoms with Gasteiger partial charge in [-0.15, -0.1) is 0 Å². The number of anilines is 1. The molecule has 4 nitrogen and oxygen atoms in total. The molecule has 1 amide bonds. The van der Waals surface area contributed by atoms with E-state index in [0.29, 0.717) is 6.54 Å². The van der Waals surface area contributed by atoms with Gasteiger partial charge in [0.1, 0.15) is 0 Å². The Morgan fingerprint density at radius 1 is 1.05 bits per heavy atom.